The lowest BCUT2D eigenvalue weighted by molar-refractivity contribution is -0.116. The van der Waals surface area contributed by atoms with Gasteiger partial charge in [-0.25, -0.2) is 0 Å². The summed E-state index contributed by atoms with van der Waals surface area (Å²) in [5, 5.41) is 2.88. The molecule has 0 saturated heterocycles. The van der Waals surface area contributed by atoms with Gasteiger partial charge in [0.2, 0.25) is 5.91 Å². The summed E-state index contributed by atoms with van der Waals surface area (Å²) in [6.45, 7) is 4.09. The summed E-state index contributed by atoms with van der Waals surface area (Å²) in [6.07, 6.45) is 2.84. The molecular formula is C15H19NO2. The van der Waals surface area contributed by atoms with Crippen molar-refractivity contribution in [3.05, 3.63) is 29.3 Å². The molecule has 0 bridgehead atoms. The Hall–Kier alpha value is -1.64. The number of amides is 1. The minimum atomic E-state index is 0.0648. The highest BCUT2D eigenvalue weighted by Crippen LogP contribution is 2.24. The van der Waals surface area contributed by atoms with Gasteiger partial charge in [-0.1, -0.05) is 13.8 Å². The Morgan fingerprint density at radius 3 is 2.83 bits per heavy atom. The van der Waals surface area contributed by atoms with Gasteiger partial charge in [0.25, 0.3) is 0 Å². The van der Waals surface area contributed by atoms with Crippen LogP contribution in [0.3, 0.4) is 0 Å². The highest BCUT2D eigenvalue weighted by molar-refractivity contribution is 5.98. The number of hydrogen-bond acceptors (Lipinski definition) is 2. The van der Waals surface area contributed by atoms with Gasteiger partial charge in [-0.15, -0.1) is 0 Å². The predicted molar refractivity (Wildman–Crippen MR) is 71.8 cm³/mol. The third kappa shape index (κ3) is 2.97. The average Bonchev–Trinajstić information content (AvgIpc) is 2.47. The predicted octanol–water partition coefficient (Wildman–Crippen LogP) is 3.19. The topological polar surface area (TPSA) is 46.2 Å². The van der Waals surface area contributed by atoms with Crippen molar-refractivity contribution in [1.82, 2.24) is 0 Å². The number of aryl methyl sites for hydroxylation is 1. The summed E-state index contributed by atoms with van der Waals surface area (Å²) in [4.78, 5) is 23.4. The van der Waals surface area contributed by atoms with Crippen LogP contribution in [0.2, 0.25) is 0 Å². The number of carbonyl (C=O) groups is 2. The van der Waals surface area contributed by atoms with Gasteiger partial charge in [0.05, 0.1) is 0 Å². The zero-order valence-electron chi connectivity index (χ0n) is 11.0. The van der Waals surface area contributed by atoms with Crippen LogP contribution in [0.4, 0.5) is 5.69 Å². The summed E-state index contributed by atoms with van der Waals surface area (Å²) in [5.41, 5.74) is 2.70. The quantitative estimate of drug-likeness (QED) is 0.831. The standard InChI is InChI=1S/C15H19NO2/c1-10(2)8-14(17)12-6-7-13-11(9-12)4-3-5-15(18)16-13/h6-7,9-10H,3-5,8H2,1-2H3,(H,16,18). The summed E-state index contributed by atoms with van der Waals surface area (Å²) < 4.78 is 0. The lowest BCUT2D eigenvalue weighted by atomic mass is 9.97. The molecule has 0 aliphatic carbocycles. The molecule has 1 amide bonds. The van der Waals surface area contributed by atoms with Crippen molar-refractivity contribution in [3.63, 3.8) is 0 Å². The fourth-order valence-corrected chi connectivity index (χ4v) is 2.24. The van der Waals surface area contributed by atoms with Crippen LogP contribution in [0.15, 0.2) is 18.2 Å². The van der Waals surface area contributed by atoms with E-state index < -0.39 is 0 Å². The Labute approximate surface area is 108 Å². The lowest BCUT2D eigenvalue weighted by Gasteiger charge is -2.09. The number of anilines is 1. The molecule has 1 aromatic rings. The summed E-state index contributed by atoms with van der Waals surface area (Å²) in [5.74, 6) is 0.620. The second-order valence-corrected chi connectivity index (χ2v) is 5.29. The lowest BCUT2D eigenvalue weighted by Crippen LogP contribution is -2.10. The van der Waals surface area contributed by atoms with E-state index >= 15 is 0 Å². The van der Waals surface area contributed by atoms with Crippen molar-refractivity contribution < 1.29 is 9.59 Å². The van der Waals surface area contributed by atoms with Crippen LogP contribution in [0.25, 0.3) is 0 Å². The second kappa shape index (κ2) is 5.34. The molecule has 3 heteroatoms. The maximum Gasteiger partial charge on any atom is 0.224 e. The summed E-state index contributed by atoms with van der Waals surface area (Å²) in [6, 6.07) is 5.60. The van der Waals surface area contributed by atoms with E-state index in [4.69, 9.17) is 0 Å². The van der Waals surface area contributed by atoms with Gasteiger partial charge < -0.3 is 5.32 Å². The molecule has 1 aliphatic heterocycles. The van der Waals surface area contributed by atoms with Gasteiger partial charge >= 0.3 is 0 Å². The van der Waals surface area contributed by atoms with E-state index in [2.05, 4.69) is 5.32 Å². The fourth-order valence-electron chi connectivity index (χ4n) is 2.24. The molecule has 0 spiro atoms. The van der Waals surface area contributed by atoms with Crippen LogP contribution in [0.1, 0.15) is 49.0 Å². The zero-order chi connectivity index (χ0) is 13.1. The highest BCUT2D eigenvalue weighted by atomic mass is 16.1. The number of ketones is 1. The normalized spacial score (nSPS) is 14.9. The minimum absolute atomic E-state index is 0.0648. The number of fused-ring (bicyclic) bond motifs is 1. The molecule has 1 N–H and O–H groups in total. The minimum Gasteiger partial charge on any atom is -0.326 e. The van der Waals surface area contributed by atoms with Crippen molar-refractivity contribution in [2.75, 3.05) is 5.32 Å². The highest BCUT2D eigenvalue weighted by Gasteiger charge is 2.15. The molecular weight excluding hydrogens is 226 g/mol. The van der Waals surface area contributed by atoms with Crippen LogP contribution in [0.5, 0.6) is 0 Å². The summed E-state index contributed by atoms with van der Waals surface area (Å²) >= 11 is 0. The molecule has 96 valence electrons. The van der Waals surface area contributed by atoms with E-state index in [1.165, 1.54) is 0 Å². The molecule has 1 heterocycles. The number of nitrogens with one attached hydrogen (secondary N) is 1. The number of benzene rings is 1. The average molecular weight is 245 g/mol. The Bertz CT molecular complexity index is 477. The van der Waals surface area contributed by atoms with Crippen molar-refractivity contribution in [3.8, 4) is 0 Å². The molecule has 0 unspecified atom stereocenters. The maximum absolute atomic E-state index is 12.0. The van der Waals surface area contributed by atoms with Crippen LogP contribution >= 0.6 is 0 Å². The van der Waals surface area contributed by atoms with E-state index in [0.717, 1.165) is 29.7 Å². The maximum atomic E-state index is 12.0. The molecule has 0 saturated carbocycles. The number of Topliss-reactive ketones (excluding diaryl/α,β-unsaturated/α-hetero) is 1. The first-order chi connectivity index (χ1) is 8.56. The van der Waals surface area contributed by atoms with E-state index in [0.29, 0.717) is 18.8 Å². The number of carbonyl (C=O) groups excluding carboxylic acids is 2. The Kier molecular flexibility index (Phi) is 3.80. The van der Waals surface area contributed by atoms with Gasteiger partial charge in [-0.05, 0) is 42.5 Å². The smallest absolute Gasteiger partial charge is 0.224 e. The third-order valence-corrected chi connectivity index (χ3v) is 3.14. The van der Waals surface area contributed by atoms with Crippen molar-refractivity contribution in [2.45, 2.75) is 39.5 Å². The van der Waals surface area contributed by atoms with Crippen LogP contribution in [0, 0.1) is 5.92 Å². The molecule has 3 nitrogen and oxygen atoms in total. The van der Waals surface area contributed by atoms with Crippen molar-refractivity contribution in [2.24, 2.45) is 5.92 Å². The van der Waals surface area contributed by atoms with E-state index in [1.54, 1.807) is 0 Å². The third-order valence-electron chi connectivity index (χ3n) is 3.14. The Balaban J connectivity index is 2.24. The molecule has 1 aliphatic rings. The first-order valence-corrected chi connectivity index (χ1v) is 6.52. The van der Waals surface area contributed by atoms with E-state index in [9.17, 15) is 9.59 Å². The molecule has 0 radical (unpaired) electrons. The van der Waals surface area contributed by atoms with Gasteiger partial charge in [-0.3, -0.25) is 9.59 Å². The molecule has 1 aromatic carbocycles. The molecule has 0 atom stereocenters. The molecule has 18 heavy (non-hydrogen) atoms. The SMILES string of the molecule is CC(C)CC(=O)c1ccc2c(c1)CCCC(=O)N2. The zero-order valence-corrected chi connectivity index (χ0v) is 11.0. The largest absolute Gasteiger partial charge is 0.326 e. The van der Waals surface area contributed by atoms with Gasteiger partial charge in [0, 0.05) is 24.1 Å². The monoisotopic (exact) mass is 245 g/mol. The summed E-state index contributed by atoms with van der Waals surface area (Å²) in [7, 11) is 0. The number of hydrogen-bond donors (Lipinski definition) is 1. The van der Waals surface area contributed by atoms with Crippen molar-refractivity contribution in [1.29, 1.82) is 0 Å². The Morgan fingerprint density at radius 2 is 2.11 bits per heavy atom. The second-order valence-electron chi connectivity index (χ2n) is 5.29. The molecule has 0 aromatic heterocycles. The van der Waals surface area contributed by atoms with Crippen LogP contribution in [-0.4, -0.2) is 11.7 Å². The van der Waals surface area contributed by atoms with Gasteiger partial charge in [0.1, 0.15) is 0 Å². The van der Waals surface area contributed by atoms with Crippen molar-refractivity contribution >= 4 is 17.4 Å². The Morgan fingerprint density at radius 1 is 1.33 bits per heavy atom. The van der Waals surface area contributed by atoms with E-state index in [-0.39, 0.29) is 11.7 Å². The molecule has 0 fully saturated rings. The van der Waals surface area contributed by atoms with E-state index in [1.807, 2.05) is 32.0 Å². The fraction of sp³-hybridized carbons (Fsp3) is 0.467. The first-order valence-electron chi connectivity index (χ1n) is 6.52. The van der Waals surface area contributed by atoms with Crippen LogP contribution < -0.4 is 5.32 Å². The van der Waals surface area contributed by atoms with Crippen LogP contribution in [-0.2, 0) is 11.2 Å². The van der Waals surface area contributed by atoms with Gasteiger partial charge in [-0.2, -0.15) is 0 Å². The molecule has 2 rings (SSSR count). The van der Waals surface area contributed by atoms with Gasteiger partial charge in [0.15, 0.2) is 5.78 Å². The first kappa shape index (κ1) is 12.8. The number of rotatable bonds is 3.